The molecule has 0 amide bonds. The first-order chi connectivity index (χ1) is 14.9. The molecule has 9 heteroatoms. The van der Waals surface area contributed by atoms with Gasteiger partial charge in [-0.25, -0.2) is 0 Å². The van der Waals surface area contributed by atoms with Gasteiger partial charge in [-0.3, -0.25) is 15.1 Å². The number of hydrogen-bond acceptors (Lipinski definition) is 6. The summed E-state index contributed by atoms with van der Waals surface area (Å²) in [5.74, 6) is 1.65. The Morgan fingerprint density at radius 2 is 2.06 bits per heavy atom. The first-order valence-electron chi connectivity index (χ1n) is 9.83. The number of nitrogens with one attached hydrogen (secondary N) is 1. The van der Waals surface area contributed by atoms with Crippen LogP contribution in [0.15, 0.2) is 59.1 Å². The minimum absolute atomic E-state index is 0.0427. The first kappa shape index (κ1) is 20.8. The average molecular weight is 439 g/mol. The standard InChI is InChI=1S/C22H22N4O4S/c1-13(2)25-21(20(24-22(25)31)16-6-4-5-11-23-16)18-10-9-17(30-18)15-8-7-14(26(27)28)12-19(15)29-3/h4-13,20-21H,1-3H3,(H,24,31)/t20-,21+/m0/s1. The lowest BCUT2D eigenvalue weighted by Crippen LogP contribution is -2.35. The molecule has 8 nitrogen and oxygen atoms in total. The van der Waals surface area contributed by atoms with Crippen molar-refractivity contribution in [1.82, 2.24) is 15.2 Å². The van der Waals surface area contributed by atoms with E-state index >= 15 is 0 Å². The Morgan fingerprint density at radius 3 is 2.71 bits per heavy atom. The third kappa shape index (κ3) is 3.84. The second kappa shape index (κ2) is 8.35. The Bertz CT molecular complexity index is 1120. The van der Waals surface area contributed by atoms with Crippen LogP contribution in [0.25, 0.3) is 11.3 Å². The number of nitrogens with zero attached hydrogens (tertiary/aromatic N) is 3. The molecule has 1 aromatic carbocycles. The molecule has 160 valence electrons. The molecule has 0 unspecified atom stereocenters. The van der Waals surface area contributed by atoms with E-state index < -0.39 is 4.92 Å². The van der Waals surface area contributed by atoms with Crippen LogP contribution < -0.4 is 10.1 Å². The molecule has 0 saturated carbocycles. The number of hydrogen-bond donors (Lipinski definition) is 1. The maximum atomic E-state index is 11.1. The zero-order valence-electron chi connectivity index (χ0n) is 17.3. The zero-order valence-corrected chi connectivity index (χ0v) is 18.1. The van der Waals surface area contributed by atoms with Crippen molar-refractivity contribution in [2.75, 3.05) is 7.11 Å². The van der Waals surface area contributed by atoms with E-state index in [2.05, 4.69) is 29.0 Å². The summed E-state index contributed by atoms with van der Waals surface area (Å²) in [6.45, 7) is 4.15. The van der Waals surface area contributed by atoms with Gasteiger partial charge in [-0.15, -0.1) is 0 Å². The fourth-order valence-electron chi connectivity index (χ4n) is 3.88. The molecule has 1 N–H and O–H groups in total. The molecule has 1 aliphatic heterocycles. The lowest BCUT2D eigenvalue weighted by Gasteiger charge is -2.29. The van der Waals surface area contributed by atoms with Gasteiger partial charge in [0, 0.05) is 18.3 Å². The minimum Gasteiger partial charge on any atom is -0.496 e. The third-order valence-electron chi connectivity index (χ3n) is 5.27. The fourth-order valence-corrected chi connectivity index (χ4v) is 4.33. The Labute approximate surface area is 185 Å². The number of nitro benzene ring substituents is 1. The van der Waals surface area contributed by atoms with Crippen LogP contribution in [0.1, 0.15) is 37.4 Å². The maximum absolute atomic E-state index is 11.1. The molecule has 1 saturated heterocycles. The van der Waals surface area contributed by atoms with Crippen molar-refractivity contribution >= 4 is 23.0 Å². The van der Waals surface area contributed by atoms with E-state index in [-0.39, 0.29) is 23.8 Å². The van der Waals surface area contributed by atoms with Gasteiger partial charge >= 0.3 is 0 Å². The monoisotopic (exact) mass is 438 g/mol. The van der Waals surface area contributed by atoms with E-state index in [1.807, 2.05) is 30.3 Å². The van der Waals surface area contributed by atoms with Crippen LogP contribution in [0.5, 0.6) is 5.75 Å². The van der Waals surface area contributed by atoms with Crippen LogP contribution in [0.3, 0.4) is 0 Å². The van der Waals surface area contributed by atoms with Crippen LogP contribution >= 0.6 is 12.2 Å². The number of rotatable bonds is 6. The van der Waals surface area contributed by atoms with Crippen molar-refractivity contribution in [1.29, 1.82) is 0 Å². The highest BCUT2D eigenvalue weighted by molar-refractivity contribution is 7.80. The predicted molar refractivity (Wildman–Crippen MR) is 120 cm³/mol. The average Bonchev–Trinajstić information content (AvgIpc) is 3.38. The summed E-state index contributed by atoms with van der Waals surface area (Å²) < 4.78 is 11.6. The summed E-state index contributed by atoms with van der Waals surface area (Å²) in [6, 6.07) is 13.7. The van der Waals surface area contributed by atoms with Crippen molar-refractivity contribution in [3.05, 3.63) is 76.3 Å². The largest absolute Gasteiger partial charge is 0.496 e. The van der Waals surface area contributed by atoms with Gasteiger partial charge in [-0.05, 0) is 56.4 Å². The lowest BCUT2D eigenvalue weighted by atomic mass is 10.0. The van der Waals surface area contributed by atoms with E-state index in [9.17, 15) is 10.1 Å². The minimum atomic E-state index is -0.455. The van der Waals surface area contributed by atoms with Crippen LogP contribution in [0.4, 0.5) is 5.69 Å². The maximum Gasteiger partial charge on any atom is 0.273 e. The SMILES string of the molecule is COc1cc([N+](=O)[O-])ccc1-c1ccc([C@@H]2[C@H](c3ccccn3)NC(=S)N2C(C)C)o1. The van der Waals surface area contributed by atoms with Crippen molar-refractivity contribution in [3.63, 3.8) is 0 Å². The van der Waals surface area contributed by atoms with Crippen LogP contribution in [-0.4, -0.2) is 33.1 Å². The molecule has 0 spiro atoms. The number of aromatic nitrogens is 1. The van der Waals surface area contributed by atoms with Gasteiger partial charge in [0.1, 0.15) is 23.3 Å². The van der Waals surface area contributed by atoms with Crippen LogP contribution in [-0.2, 0) is 0 Å². The number of methoxy groups -OCH3 is 1. The summed E-state index contributed by atoms with van der Waals surface area (Å²) in [6.07, 6.45) is 1.75. The van der Waals surface area contributed by atoms with Gasteiger partial charge in [0.2, 0.25) is 0 Å². The molecule has 2 aromatic heterocycles. The smallest absolute Gasteiger partial charge is 0.273 e. The number of benzene rings is 1. The van der Waals surface area contributed by atoms with Crippen LogP contribution in [0.2, 0.25) is 0 Å². The number of thiocarbonyl (C=S) groups is 1. The second-order valence-corrected chi connectivity index (χ2v) is 7.86. The van der Waals surface area contributed by atoms with Gasteiger partial charge in [0.25, 0.3) is 5.69 Å². The number of non-ortho nitro benzene ring substituents is 1. The topological polar surface area (TPSA) is 93.7 Å². The summed E-state index contributed by atoms with van der Waals surface area (Å²) in [4.78, 5) is 17.2. The molecule has 31 heavy (non-hydrogen) atoms. The molecule has 0 bridgehead atoms. The Morgan fingerprint density at radius 1 is 1.26 bits per heavy atom. The van der Waals surface area contributed by atoms with E-state index in [4.69, 9.17) is 21.4 Å². The van der Waals surface area contributed by atoms with Gasteiger partial charge in [-0.2, -0.15) is 0 Å². The van der Waals surface area contributed by atoms with Crippen LogP contribution in [0, 0.1) is 10.1 Å². The van der Waals surface area contributed by atoms with E-state index in [0.29, 0.717) is 27.9 Å². The summed E-state index contributed by atoms with van der Waals surface area (Å²) in [7, 11) is 1.48. The number of furan rings is 1. The third-order valence-corrected chi connectivity index (χ3v) is 5.60. The zero-order chi connectivity index (χ0) is 22.1. The molecule has 0 aliphatic carbocycles. The number of nitro groups is 1. The molecule has 0 radical (unpaired) electrons. The fraction of sp³-hybridized carbons (Fsp3) is 0.273. The normalized spacial score (nSPS) is 18.3. The highest BCUT2D eigenvalue weighted by atomic mass is 32.1. The molecule has 3 aromatic rings. The van der Waals surface area contributed by atoms with Crippen molar-refractivity contribution < 1.29 is 14.1 Å². The number of pyridine rings is 1. The first-order valence-corrected chi connectivity index (χ1v) is 10.2. The van der Waals surface area contributed by atoms with Crippen molar-refractivity contribution in [3.8, 4) is 17.1 Å². The quantitative estimate of drug-likeness (QED) is 0.338. The Balaban J connectivity index is 1.75. The van der Waals surface area contributed by atoms with Gasteiger partial charge in [0.15, 0.2) is 5.11 Å². The highest BCUT2D eigenvalue weighted by Gasteiger charge is 2.42. The Kier molecular flexibility index (Phi) is 5.60. The van der Waals surface area contributed by atoms with Gasteiger partial charge in [-0.1, -0.05) is 6.07 Å². The molecule has 2 atom stereocenters. The summed E-state index contributed by atoms with van der Waals surface area (Å²) in [5, 5.41) is 15.1. The molecule has 1 fully saturated rings. The predicted octanol–water partition coefficient (Wildman–Crippen LogP) is 4.64. The number of ether oxygens (including phenoxy) is 1. The molecule has 1 aliphatic rings. The molecule has 4 rings (SSSR count). The van der Waals surface area contributed by atoms with Gasteiger partial charge in [0.05, 0.1) is 35.4 Å². The van der Waals surface area contributed by atoms with Crippen molar-refractivity contribution in [2.45, 2.75) is 32.0 Å². The van der Waals surface area contributed by atoms with Gasteiger partial charge < -0.3 is 19.4 Å². The molecular weight excluding hydrogens is 416 g/mol. The molecular formula is C22H22N4O4S. The molecule has 3 heterocycles. The Hall–Kier alpha value is -3.46. The van der Waals surface area contributed by atoms with E-state index in [0.717, 1.165) is 5.69 Å². The second-order valence-electron chi connectivity index (χ2n) is 7.47. The summed E-state index contributed by atoms with van der Waals surface area (Å²) >= 11 is 5.61. The van der Waals surface area contributed by atoms with E-state index in [1.54, 1.807) is 12.3 Å². The van der Waals surface area contributed by atoms with E-state index in [1.165, 1.54) is 19.2 Å². The van der Waals surface area contributed by atoms with Crippen molar-refractivity contribution in [2.24, 2.45) is 0 Å². The summed E-state index contributed by atoms with van der Waals surface area (Å²) in [5.41, 5.74) is 1.46. The lowest BCUT2D eigenvalue weighted by molar-refractivity contribution is -0.384. The highest BCUT2D eigenvalue weighted by Crippen LogP contribution is 2.42.